The molecule has 2 atom stereocenters. The number of hydrogen-bond donors (Lipinski definition) is 1. The fourth-order valence-electron chi connectivity index (χ4n) is 2.58. The number of halogens is 3. The molecule has 2 rings (SSSR count). The zero-order chi connectivity index (χ0) is 17.5. The summed E-state index contributed by atoms with van der Waals surface area (Å²) >= 11 is 0. The number of rotatable bonds is 2. The summed E-state index contributed by atoms with van der Waals surface area (Å²) in [6.07, 6.45) is -6.89. The van der Waals surface area contributed by atoms with E-state index in [0.717, 1.165) is 19.1 Å². The number of carboxylic acid groups (broad SMARTS) is 1. The van der Waals surface area contributed by atoms with Crippen LogP contribution in [-0.4, -0.2) is 29.3 Å². The first-order chi connectivity index (χ1) is 10.6. The van der Waals surface area contributed by atoms with Gasteiger partial charge in [0.2, 0.25) is 0 Å². The number of cyclic esters (lactones) is 1. The van der Waals surface area contributed by atoms with Crippen molar-refractivity contribution in [2.24, 2.45) is 0 Å². The molecule has 1 saturated heterocycles. The maximum absolute atomic E-state index is 13.2. The highest BCUT2D eigenvalue weighted by molar-refractivity contribution is 5.99. The van der Waals surface area contributed by atoms with Gasteiger partial charge in [-0.3, -0.25) is 4.90 Å². The average molecular weight is 328 g/mol. The summed E-state index contributed by atoms with van der Waals surface area (Å²) in [4.78, 5) is 23.8. The van der Waals surface area contributed by atoms with Crippen LogP contribution >= 0.6 is 0 Å². The van der Waals surface area contributed by atoms with Gasteiger partial charge >= 0.3 is 18.2 Å². The van der Waals surface area contributed by atoms with E-state index in [2.05, 4.69) is 0 Å². The summed E-state index contributed by atoms with van der Waals surface area (Å²) in [5.41, 5.74) is -2.47. The van der Waals surface area contributed by atoms with Crippen molar-refractivity contribution in [2.45, 2.75) is 32.2 Å². The third-order valence-electron chi connectivity index (χ3n) is 3.56. The minimum absolute atomic E-state index is 0.252. The van der Waals surface area contributed by atoms with Crippen LogP contribution in [0, 0.1) is 18.3 Å². The molecule has 1 aliphatic rings. The smallest absolute Gasteiger partial charge is 0.418 e. The van der Waals surface area contributed by atoms with Crippen LogP contribution in [0.15, 0.2) is 12.1 Å². The monoisotopic (exact) mass is 328 g/mol. The SMILES string of the molecule is Cc1c(N2C(=O)OC(C)C2C(=O)O)ccc(C#N)c1C(F)(F)F. The molecule has 0 spiro atoms. The van der Waals surface area contributed by atoms with Crippen molar-refractivity contribution in [3.63, 3.8) is 0 Å². The molecule has 1 amide bonds. The lowest BCUT2D eigenvalue weighted by molar-refractivity contribution is -0.139. The van der Waals surface area contributed by atoms with E-state index in [-0.39, 0.29) is 5.69 Å². The highest BCUT2D eigenvalue weighted by atomic mass is 19.4. The lowest BCUT2D eigenvalue weighted by atomic mass is 9.98. The van der Waals surface area contributed by atoms with E-state index in [0.29, 0.717) is 4.90 Å². The van der Waals surface area contributed by atoms with Gasteiger partial charge in [-0.1, -0.05) is 0 Å². The van der Waals surface area contributed by atoms with Crippen molar-refractivity contribution in [1.29, 1.82) is 5.26 Å². The molecule has 122 valence electrons. The Kier molecular flexibility index (Phi) is 3.94. The number of carbonyl (C=O) groups excluding carboxylic acids is 1. The number of nitrogens with zero attached hydrogens (tertiary/aromatic N) is 2. The summed E-state index contributed by atoms with van der Waals surface area (Å²) in [5, 5.41) is 18.1. The van der Waals surface area contributed by atoms with Crippen LogP contribution in [-0.2, 0) is 15.7 Å². The van der Waals surface area contributed by atoms with Gasteiger partial charge in [-0.05, 0) is 31.5 Å². The fourth-order valence-corrected chi connectivity index (χ4v) is 2.58. The lowest BCUT2D eigenvalue weighted by Gasteiger charge is -2.24. The van der Waals surface area contributed by atoms with Crippen LogP contribution in [0.25, 0.3) is 0 Å². The van der Waals surface area contributed by atoms with Gasteiger partial charge in [-0.25, -0.2) is 9.59 Å². The van der Waals surface area contributed by atoms with E-state index in [4.69, 9.17) is 10.00 Å². The number of aliphatic carboxylic acids is 1. The molecule has 1 aromatic rings. The normalized spacial score (nSPS) is 21.0. The Morgan fingerprint density at radius 3 is 2.52 bits per heavy atom. The topological polar surface area (TPSA) is 90.6 Å². The third kappa shape index (κ3) is 2.67. The molecule has 1 N–H and O–H groups in total. The third-order valence-corrected chi connectivity index (χ3v) is 3.56. The van der Waals surface area contributed by atoms with Crippen molar-refractivity contribution < 1.29 is 32.6 Å². The van der Waals surface area contributed by atoms with Crippen LogP contribution in [0.5, 0.6) is 0 Å². The molecule has 9 heteroatoms. The largest absolute Gasteiger partial charge is 0.480 e. The molecular weight excluding hydrogens is 317 g/mol. The van der Waals surface area contributed by atoms with E-state index in [1.54, 1.807) is 0 Å². The summed E-state index contributed by atoms with van der Waals surface area (Å²) in [6, 6.07) is 2.01. The second kappa shape index (κ2) is 5.46. The molecule has 0 aromatic heterocycles. The molecule has 0 radical (unpaired) electrons. The van der Waals surface area contributed by atoms with Crippen molar-refractivity contribution in [3.8, 4) is 6.07 Å². The Morgan fingerprint density at radius 2 is 2.04 bits per heavy atom. The van der Waals surface area contributed by atoms with Crippen LogP contribution in [0.3, 0.4) is 0 Å². The Hall–Kier alpha value is -2.76. The zero-order valence-corrected chi connectivity index (χ0v) is 12.0. The average Bonchev–Trinajstić information content (AvgIpc) is 2.71. The standard InChI is InChI=1S/C14H11F3N2O4/c1-6-9(4-3-8(5-18)10(6)14(15,16)17)19-11(12(20)21)7(2)23-13(19)22/h3-4,7,11H,1-2H3,(H,20,21). The van der Waals surface area contributed by atoms with Crippen molar-refractivity contribution in [2.75, 3.05) is 4.90 Å². The summed E-state index contributed by atoms with van der Waals surface area (Å²) in [5.74, 6) is -1.40. The first-order valence-electron chi connectivity index (χ1n) is 6.43. The number of nitriles is 1. The highest BCUT2D eigenvalue weighted by Crippen LogP contribution is 2.40. The number of hydrogen-bond acceptors (Lipinski definition) is 4. The molecule has 0 aliphatic carbocycles. The Balaban J connectivity index is 2.68. The Morgan fingerprint density at radius 1 is 1.43 bits per heavy atom. The molecule has 1 aromatic carbocycles. The van der Waals surface area contributed by atoms with Crippen LogP contribution in [0.4, 0.5) is 23.7 Å². The van der Waals surface area contributed by atoms with Crippen molar-refractivity contribution in [1.82, 2.24) is 0 Å². The van der Waals surface area contributed by atoms with Gasteiger partial charge < -0.3 is 9.84 Å². The molecule has 2 unspecified atom stereocenters. The number of ether oxygens (including phenoxy) is 1. The van der Waals surface area contributed by atoms with Gasteiger partial charge in [0.05, 0.1) is 22.9 Å². The van der Waals surface area contributed by atoms with Gasteiger partial charge in [-0.2, -0.15) is 18.4 Å². The van der Waals surface area contributed by atoms with Gasteiger partial charge in [0, 0.05) is 0 Å². The predicted octanol–water partition coefficient (Wildman–Crippen LogP) is 2.68. The van der Waals surface area contributed by atoms with E-state index < -0.39 is 47.1 Å². The second-order valence-corrected chi connectivity index (χ2v) is 4.98. The van der Waals surface area contributed by atoms with E-state index in [1.807, 2.05) is 0 Å². The quantitative estimate of drug-likeness (QED) is 0.901. The minimum Gasteiger partial charge on any atom is -0.480 e. The highest BCUT2D eigenvalue weighted by Gasteiger charge is 2.47. The molecule has 23 heavy (non-hydrogen) atoms. The number of alkyl halides is 3. The summed E-state index contributed by atoms with van der Waals surface area (Å²) < 4.78 is 44.4. The summed E-state index contributed by atoms with van der Waals surface area (Å²) in [6.45, 7) is 2.41. The van der Waals surface area contributed by atoms with Crippen molar-refractivity contribution in [3.05, 3.63) is 28.8 Å². The summed E-state index contributed by atoms with van der Waals surface area (Å²) in [7, 11) is 0. The molecule has 0 saturated carbocycles. The molecule has 6 nitrogen and oxygen atoms in total. The first kappa shape index (κ1) is 16.6. The van der Waals surface area contributed by atoms with Crippen molar-refractivity contribution >= 4 is 17.7 Å². The maximum atomic E-state index is 13.2. The molecule has 1 aliphatic heterocycles. The van der Waals surface area contributed by atoms with E-state index >= 15 is 0 Å². The predicted molar refractivity (Wildman–Crippen MR) is 70.7 cm³/mol. The van der Waals surface area contributed by atoms with E-state index in [1.165, 1.54) is 13.0 Å². The molecular formula is C14H11F3N2O4. The number of anilines is 1. The van der Waals surface area contributed by atoms with Crippen LogP contribution in [0.1, 0.15) is 23.6 Å². The number of carboxylic acids is 1. The minimum atomic E-state index is -4.82. The molecule has 1 fully saturated rings. The van der Waals surface area contributed by atoms with Crippen LogP contribution < -0.4 is 4.90 Å². The Bertz CT molecular complexity index is 724. The lowest BCUT2D eigenvalue weighted by Crippen LogP contribution is -2.42. The molecule has 1 heterocycles. The maximum Gasteiger partial charge on any atom is 0.418 e. The van der Waals surface area contributed by atoms with Gasteiger partial charge in [-0.15, -0.1) is 0 Å². The van der Waals surface area contributed by atoms with Gasteiger partial charge in [0.1, 0.15) is 6.10 Å². The Labute approximate surface area is 128 Å². The van der Waals surface area contributed by atoms with Crippen LogP contribution in [0.2, 0.25) is 0 Å². The number of carbonyl (C=O) groups is 2. The van der Waals surface area contributed by atoms with E-state index in [9.17, 15) is 27.9 Å². The van der Waals surface area contributed by atoms with Gasteiger partial charge in [0.15, 0.2) is 6.04 Å². The number of amides is 1. The molecule has 0 bridgehead atoms. The first-order valence-corrected chi connectivity index (χ1v) is 6.43. The zero-order valence-electron chi connectivity index (χ0n) is 12.0. The fraction of sp³-hybridized carbons (Fsp3) is 0.357. The number of benzene rings is 1. The van der Waals surface area contributed by atoms with Gasteiger partial charge in [0.25, 0.3) is 0 Å². The second-order valence-electron chi connectivity index (χ2n) is 4.98.